The first-order chi connectivity index (χ1) is 13.4. The van der Waals surface area contributed by atoms with Crippen LogP contribution in [0.3, 0.4) is 0 Å². The van der Waals surface area contributed by atoms with E-state index in [9.17, 15) is 4.79 Å². The van der Waals surface area contributed by atoms with Crippen molar-refractivity contribution in [2.24, 2.45) is 0 Å². The van der Waals surface area contributed by atoms with Crippen molar-refractivity contribution in [3.63, 3.8) is 0 Å². The summed E-state index contributed by atoms with van der Waals surface area (Å²) in [5, 5.41) is 2.92. The standard InChI is InChI=1S/C22H28BrN3O2/c1-16-12-20(13-17(2)22(16)23)28-15-21(27)24-14-18-4-6-19(7-5-18)26-10-8-25(3)9-11-26/h4-7,12-13H,8-11,14-15H2,1-3H3,(H,24,27). The van der Waals surface area contributed by atoms with Crippen molar-refractivity contribution >= 4 is 27.5 Å². The predicted octanol–water partition coefficient (Wildman–Crippen LogP) is 3.51. The first kappa shape index (κ1) is 20.7. The minimum absolute atomic E-state index is 0.0138. The van der Waals surface area contributed by atoms with Gasteiger partial charge < -0.3 is 19.9 Å². The van der Waals surface area contributed by atoms with Gasteiger partial charge in [0.05, 0.1) is 0 Å². The minimum atomic E-state index is -0.124. The molecule has 0 aromatic heterocycles. The number of benzene rings is 2. The van der Waals surface area contributed by atoms with E-state index < -0.39 is 0 Å². The quantitative estimate of drug-likeness (QED) is 0.738. The van der Waals surface area contributed by atoms with Gasteiger partial charge in [-0.1, -0.05) is 28.1 Å². The Morgan fingerprint density at radius 1 is 1.07 bits per heavy atom. The molecule has 0 atom stereocenters. The van der Waals surface area contributed by atoms with E-state index in [0.29, 0.717) is 12.3 Å². The van der Waals surface area contributed by atoms with Crippen molar-refractivity contribution in [1.82, 2.24) is 10.2 Å². The molecule has 2 aromatic rings. The lowest BCUT2D eigenvalue weighted by Gasteiger charge is -2.34. The third-order valence-corrected chi connectivity index (χ3v) is 6.33. The van der Waals surface area contributed by atoms with E-state index in [1.165, 1.54) is 5.69 Å². The molecule has 0 bridgehead atoms. The largest absolute Gasteiger partial charge is 0.484 e. The number of carbonyl (C=O) groups is 1. The highest BCUT2D eigenvalue weighted by atomic mass is 79.9. The number of halogens is 1. The van der Waals surface area contributed by atoms with Gasteiger partial charge in [0.25, 0.3) is 5.91 Å². The van der Waals surface area contributed by atoms with Gasteiger partial charge in [-0.3, -0.25) is 4.79 Å². The van der Waals surface area contributed by atoms with Crippen LogP contribution in [-0.4, -0.2) is 50.6 Å². The normalized spacial score (nSPS) is 14.8. The summed E-state index contributed by atoms with van der Waals surface area (Å²) in [4.78, 5) is 16.9. The molecule has 0 unspecified atom stereocenters. The van der Waals surface area contributed by atoms with Crippen molar-refractivity contribution in [2.45, 2.75) is 20.4 Å². The monoisotopic (exact) mass is 445 g/mol. The summed E-state index contributed by atoms with van der Waals surface area (Å²) in [7, 11) is 2.16. The van der Waals surface area contributed by atoms with Crippen molar-refractivity contribution in [3.05, 3.63) is 57.6 Å². The molecule has 0 saturated carbocycles. The SMILES string of the molecule is Cc1cc(OCC(=O)NCc2ccc(N3CCN(C)CC3)cc2)cc(C)c1Br. The number of hydrogen-bond donors (Lipinski definition) is 1. The maximum atomic E-state index is 12.1. The number of likely N-dealkylation sites (N-methyl/N-ethyl adjacent to an activating group) is 1. The fourth-order valence-electron chi connectivity index (χ4n) is 3.28. The van der Waals surface area contributed by atoms with Crippen molar-refractivity contribution in [1.29, 1.82) is 0 Å². The second-order valence-corrected chi connectivity index (χ2v) is 8.19. The molecule has 2 aromatic carbocycles. The fraction of sp³-hybridized carbons (Fsp3) is 0.409. The Morgan fingerprint density at radius 3 is 2.29 bits per heavy atom. The zero-order chi connectivity index (χ0) is 20.1. The van der Waals surface area contributed by atoms with Crippen LogP contribution in [0.25, 0.3) is 0 Å². The molecule has 150 valence electrons. The summed E-state index contributed by atoms with van der Waals surface area (Å²) in [5.74, 6) is 0.589. The molecule has 1 fully saturated rings. The van der Waals surface area contributed by atoms with Crippen molar-refractivity contribution in [2.75, 3.05) is 44.7 Å². The summed E-state index contributed by atoms with van der Waals surface area (Å²) >= 11 is 3.54. The zero-order valence-electron chi connectivity index (χ0n) is 16.8. The minimum Gasteiger partial charge on any atom is -0.484 e. The van der Waals surface area contributed by atoms with Crippen LogP contribution in [0.2, 0.25) is 0 Å². The van der Waals surface area contributed by atoms with Gasteiger partial charge in [0, 0.05) is 42.9 Å². The number of nitrogens with one attached hydrogen (secondary N) is 1. The second kappa shape index (κ2) is 9.43. The molecule has 5 nitrogen and oxygen atoms in total. The molecular formula is C22H28BrN3O2. The third kappa shape index (κ3) is 5.49. The molecule has 0 aliphatic carbocycles. The first-order valence-electron chi connectivity index (χ1n) is 9.61. The average Bonchev–Trinajstić information content (AvgIpc) is 2.70. The van der Waals surface area contributed by atoms with E-state index >= 15 is 0 Å². The van der Waals surface area contributed by atoms with E-state index in [4.69, 9.17) is 4.74 Å². The Balaban J connectivity index is 1.45. The van der Waals surface area contributed by atoms with Gasteiger partial charge in [-0.2, -0.15) is 0 Å². The maximum Gasteiger partial charge on any atom is 0.258 e. The molecule has 1 amide bonds. The van der Waals surface area contributed by atoms with E-state index in [1.807, 2.05) is 26.0 Å². The number of carbonyl (C=O) groups excluding carboxylic acids is 1. The molecule has 0 radical (unpaired) electrons. The van der Waals surface area contributed by atoms with E-state index in [0.717, 1.165) is 47.3 Å². The van der Waals surface area contributed by atoms with Crippen LogP contribution in [-0.2, 0) is 11.3 Å². The lowest BCUT2D eigenvalue weighted by atomic mass is 10.1. The first-order valence-corrected chi connectivity index (χ1v) is 10.4. The molecule has 1 aliphatic heterocycles. The molecule has 1 aliphatic rings. The van der Waals surface area contributed by atoms with Gasteiger partial charge in [-0.05, 0) is 61.9 Å². The van der Waals surface area contributed by atoms with E-state index in [-0.39, 0.29) is 12.5 Å². The van der Waals surface area contributed by atoms with Gasteiger partial charge in [0.15, 0.2) is 6.61 Å². The zero-order valence-corrected chi connectivity index (χ0v) is 18.4. The number of ether oxygens (including phenoxy) is 1. The maximum absolute atomic E-state index is 12.1. The summed E-state index contributed by atoms with van der Waals surface area (Å²) in [6.07, 6.45) is 0. The van der Waals surface area contributed by atoms with Crippen LogP contribution in [0.15, 0.2) is 40.9 Å². The third-order valence-electron chi connectivity index (χ3n) is 5.07. The van der Waals surface area contributed by atoms with Gasteiger partial charge in [-0.25, -0.2) is 0 Å². The predicted molar refractivity (Wildman–Crippen MR) is 117 cm³/mol. The van der Waals surface area contributed by atoms with Crippen LogP contribution < -0.4 is 15.0 Å². The Labute approximate surface area is 175 Å². The topological polar surface area (TPSA) is 44.8 Å². The smallest absolute Gasteiger partial charge is 0.258 e. The fourth-order valence-corrected chi connectivity index (χ4v) is 3.51. The van der Waals surface area contributed by atoms with E-state index in [2.05, 4.69) is 62.4 Å². The molecule has 1 heterocycles. The Morgan fingerprint density at radius 2 is 1.68 bits per heavy atom. The summed E-state index contributed by atoms with van der Waals surface area (Å²) in [6.45, 7) is 8.83. The molecular weight excluding hydrogens is 418 g/mol. The van der Waals surface area contributed by atoms with Crippen molar-refractivity contribution < 1.29 is 9.53 Å². The lowest BCUT2D eigenvalue weighted by Crippen LogP contribution is -2.44. The second-order valence-electron chi connectivity index (χ2n) is 7.39. The van der Waals surface area contributed by atoms with Gasteiger partial charge >= 0.3 is 0 Å². The lowest BCUT2D eigenvalue weighted by molar-refractivity contribution is -0.123. The van der Waals surface area contributed by atoms with E-state index in [1.54, 1.807) is 0 Å². The molecule has 0 spiro atoms. The Kier molecular flexibility index (Phi) is 6.97. The number of hydrogen-bond acceptors (Lipinski definition) is 4. The van der Waals surface area contributed by atoms with Crippen LogP contribution in [0.4, 0.5) is 5.69 Å². The van der Waals surface area contributed by atoms with Gasteiger partial charge in [-0.15, -0.1) is 0 Å². The highest BCUT2D eigenvalue weighted by Crippen LogP contribution is 2.26. The number of nitrogens with zero attached hydrogens (tertiary/aromatic N) is 2. The number of anilines is 1. The number of rotatable bonds is 6. The summed E-state index contributed by atoms with van der Waals surface area (Å²) < 4.78 is 6.71. The molecule has 1 N–H and O–H groups in total. The highest BCUT2D eigenvalue weighted by molar-refractivity contribution is 9.10. The summed E-state index contributed by atoms with van der Waals surface area (Å²) in [6, 6.07) is 12.3. The Bertz CT molecular complexity index is 792. The number of aryl methyl sites for hydroxylation is 2. The van der Waals surface area contributed by atoms with Gasteiger partial charge in [0.2, 0.25) is 0 Å². The van der Waals surface area contributed by atoms with Crippen LogP contribution in [0, 0.1) is 13.8 Å². The van der Waals surface area contributed by atoms with Crippen LogP contribution in [0.1, 0.15) is 16.7 Å². The molecule has 6 heteroatoms. The Hall–Kier alpha value is -2.05. The van der Waals surface area contributed by atoms with Crippen molar-refractivity contribution in [3.8, 4) is 5.75 Å². The van der Waals surface area contributed by atoms with Gasteiger partial charge in [0.1, 0.15) is 5.75 Å². The van der Waals surface area contributed by atoms with Crippen LogP contribution >= 0.6 is 15.9 Å². The molecule has 3 rings (SSSR count). The molecule has 1 saturated heterocycles. The van der Waals surface area contributed by atoms with Crippen LogP contribution in [0.5, 0.6) is 5.75 Å². The summed E-state index contributed by atoms with van der Waals surface area (Å²) in [5.41, 5.74) is 4.51. The number of piperazine rings is 1. The molecule has 28 heavy (non-hydrogen) atoms. The number of amides is 1. The highest BCUT2D eigenvalue weighted by Gasteiger charge is 2.14. The average molecular weight is 446 g/mol.